The molecule has 82 valence electrons. The summed E-state index contributed by atoms with van der Waals surface area (Å²) >= 11 is 0. The van der Waals surface area contributed by atoms with E-state index in [1.807, 2.05) is 13.8 Å². The highest BCUT2D eigenvalue weighted by atomic mass is 16.3. The maximum absolute atomic E-state index is 11.0. The van der Waals surface area contributed by atoms with Crippen LogP contribution < -0.4 is 16.4 Å². The van der Waals surface area contributed by atoms with Gasteiger partial charge < -0.3 is 21.5 Å². The molecule has 0 bridgehead atoms. The Morgan fingerprint density at radius 2 is 2.00 bits per heavy atom. The fourth-order valence-corrected chi connectivity index (χ4v) is 0.796. The van der Waals surface area contributed by atoms with Gasteiger partial charge in [0.15, 0.2) is 0 Å². The van der Waals surface area contributed by atoms with Gasteiger partial charge in [-0.2, -0.15) is 0 Å². The Hall–Kier alpha value is -1.14. The van der Waals surface area contributed by atoms with Gasteiger partial charge in [0.1, 0.15) is 6.10 Å². The van der Waals surface area contributed by atoms with Crippen LogP contribution >= 0.6 is 0 Å². The highest BCUT2D eigenvalue weighted by Crippen LogP contribution is 1.78. The molecule has 14 heavy (non-hydrogen) atoms. The molecular formula is C8H17N3O3. The number of carbonyl (C=O) groups is 2. The van der Waals surface area contributed by atoms with Crippen molar-refractivity contribution in [1.29, 1.82) is 0 Å². The number of nitrogens with one attached hydrogen (secondary N) is 2. The first-order valence-corrected chi connectivity index (χ1v) is 4.41. The van der Waals surface area contributed by atoms with Crippen molar-refractivity contribution in [2.75, 3.05) is 13.1 Å². The van der Waals surface area contributed by atoms with Crippen LogP contribution in [0.2, 0.25) is 0 Å². The smallest absolute Gasteiger partial charge is 0.247 e. The third kappa shape index (κ3) is 6.38. The number of amides is 2. The first-order chi connectivity index (χ1) is 6.43. The molecule has 2 amide bonds. The van der Waals surface area contributed by atoms with Crippen molar-refractivity contribution in [2.24, 2.45) is 5.73 Å². The van der Waals surface area contributed by atoms with Crippen LogP contribution in [0.3, 0.4) is 0 Å². The molecule has 0 saturated carbocycles. The van der Waals surface area contributed by atoms with Crippen LogP contribution in [0.4, 0.5) is 0 Å². The lowest BCUT2D eigenvalue weighted by Crippen LogP contribution is -2.43. The number of aliphatic hydroxyl groups is 1. The standard InChI is InChI=1S/C8H17N3O3/c1-5(2)11-7(13)4-10-3-6(12)8(9)14/h5-6,10,12H,3-4H2,1-2H3,(H2,9,14)(H,11,13). The number of carbonyl (C=O) groups excluding carboxylic acids is 2. The maximum atomic E-state index is 11.0. The third-order valence-electron chi connectivity index (χ3n) is 1.40. The predicted molar refractivity (Wildman–Crippen MR) is 51.3 cm³/mol. The Balaban J connectivity index is 3.54. The molecule has 1 unspecified atom stereocenters. The van der Waals surface area contributed by atoms with Gasteiger partial charge in [0.05, 0.1) is 6.54 Å². The lowest BCUT2D eigenvalue weighted by atomic mass is 10.3. The van der Waals surface area contributed by atoms with Crippen molar-refractivity contribution < 1.29 is 14.7 Å². The first-order valence-electron chi connectivity index (χ1n) is 4.41. The Morgan fingerprint density at radius 3 is 2.43 bits per heavy atom. The summed E-state index contributed by atoms with van der Waals surface area (Å²) in [6.45, 7) is 3.73. The van der Waals surface area contributed by atoms with Crippen molar-refractivity contribution in [3.05, 3.63) is 0 Å². The molecule has 0 rings (SSSR count). The van der Waals surface area contributed by atoms with E-state index in [2.05, 4.69) is 10.6 Å². The van der Waals surface area contributed by atoms with E-state index in [9.17, 15) is 9.59 Å². The van der Waals surface area contributed by atoms with Gasteiger partial charge in [0, 0.05) is 12.6 Å². The molecule has 0 spiro atoms. The van der Waals surface area contributed by atoms with Crippen LogP contribution in [-0.2, 0) is 9.59 Å². The van der Waals surface area contributed by atoms with Gasteiger partial charge in [0.25, 0.3) is 0 Å². The molecule has 0 fully saturated rings. The van der Waals surface area contributed by atoms with Gasteiger partial charge >= 0.3 is 0 Å². The van der Waals surface area contributed by atoms with Gasteiger partial charge in [-0.05, 0) is 13.8 Å². The van der Waals surface area contributed by atoms with Crippen LogP contribution in [0.15, 0.2) is 0 Å². The molecule has 0 saturated heterocycles. The molecule has 0 aliphatic rings. The number of rotatable bonds is 6. The summed E-state index contributed by atoms with van der Waals surface area (Å²) in [5.74, 6) is -0.988. The molecule has 0 radical (unpaired) electrons. The van der Waals surface area contributed by atoms with Gasteiger partial charge in [0.2, 0.25) is 11.8 Å². The van der Waals surface area contributed by atoms with Crippen LogP contribution in [-0.4, -0.2) is 42.2 Å². The van der Waals surface area contributed by atoms with Gasteiger partial charge in [-0.15, -0.1) is 0 Å². The number of nitrogens with two attached hydrogens (primary N) is 1. The second-order valence-electron chi connectivity index (χ2n) is 3.27. The molecule has 0 heterocycles. The van der Waals surface area contributed by atoms with E-state index in [4.69, 9.17) is 10.8 Å². The fourth-order valence-electron chi connectivity index (χ4n) is 0.796. The summed E-state index contributed by atoms with van der Waals surface area (Å²) in [4.78, 5) is 21.4. The van der Waals surface area contributed by atoms with Crippen molar-refractivity contribution in [1.82, 2.24) is 10.6 Å². The summed E-state index contributed by atoms with van der Waals surface area (Å²) < 4.78 is 0. The Labute approximate surface area is 82.9 Å². The summed E-state index contributed by atoms with van der Waals surface area (Å²) in [5, 5.41) is 14.2. The zero-order valence-electron chi connectivity index (χ0n) is 8.41. The first kappa shape index (κ1) is 12.9. The summed E-state index contributed by atoms with van der Waals surface area (Å²) in [6.07, 6.45) is -1.25. The summed E-state index contributed by atoms with van der Waals surface area (Å²) in [5.41, 5.74) is 4.80. The Bertz CT molecular complexity index is 206. The van der Waals surface area contributed by atoms with Crippen LogP contribution in [0.1, 0.15) is 13.8 Å². The van der Waals surface area contributed by atoms with E-state index in [-0.39, 0.29) is 25.0 Å². The van der Waals surface area contributed by atoms with Crippen LogP contribution in [0, 0.1) is 0 Å². The van der Waals surface area contributed by atoms with Crippen molar-refractivity contribution in [2.45, 2.75) is 26.0 Å². The molecule has 6 heteroatoms. The van der Waals surface area contributed by atoms with Crippen LogP contribution in [0.5, 0.6) is 0 Å². The minimum atomic E-state index is -1.25. The third-order valence-corrected chi connectivity index (χ3v) is 1.40. The zero-order chi connectivity index (χ0) is 11.1. The number of hydrogen-bond donors (Lipinski definition) is 4. The van der Waals surface area contributed by atoms with E-state index < -0.39 is 12.0 Å². The van der Waals surface area contributed by atoms with Crippen LogP contribution in [0.25, 0.3) is 0 Å². The monoisotopic (exact) mass is 203 g/mol. The molecule has 1 atom stereocenters. The van der Waals surface area contributed by atoms with Gasteiger partial charge in [-0.1, -0.05) is 0 Å². The molecule has 0 aliphatic heterocycles. The minimum Gasteiger partial charge on any atom is -0.382 e. The Morgan fingerprint density at radius 1 is 1.43 bits per heavy atom. The number of hydrogen-bond acceptors (Lipinski definition) is 4. The largest absolute Gasteiger partial charge is 0.382 e. The molecule has 6 nitrogen and oxygen atoms in total. The zero-order valence-corrected chi connectivity index (χ0v) is 8.41. The lowest BCUT2D eigenvalue weighted by Gasteiger charge is -2.10. The average Bonchev–Trinajstić information content (AvgIpc) is 2.02. The quantitative estimate of drug-likeness (QED) is 0.398. The molecule has 0 aromatic rings. The average molecular weight is 203 g/mol. The Kier molecular flexibility index (Phi) is 5.82. The fraction of sp³-hybridized carbons (Fsp3) is 0.750. The molecule has 0 aliphatic carbocycles. The molecular weight excluding hydrogens is 186 g/mol. The van der Waals surface area contributed by atoms with E-state index in [0.717, 1.165) is 0 Å². The predicted octanol–water partition coefficient (Wildman–Crippen LogP) is -2.05. The minimum absolute atomic E-state index is 0.0130. The topological polar surface area (TPSA) is 104 Å². The second kappa shape index (κ2) is 6.33. The number of aliphatic hydroxyl groups excluding tert-OH is 1. The number of primary amides is 1. The van der Waals surface area contributed by atoms with E-state index in [1.54, 1.807) is 0 Å². The van der Waals surface area contributed by atoms with Crippen molar-refractivity contribution in [3.63, 3.8) is 0 Å². The van der Waals surface area contributed by atoms with Crippen molar-refractivity contribution >= 4 is 11.8 Å². The SMILES string of the molecule is CC(C)NC(=O)CNCC(O)C(N)=O. The maximum Gasteiger partial charge on any atom is 0.247 e. The lowest BCUT2D eigenvalue weighted by molar-refractivity contribution is -0.126. The van der Waals surface area contributed by atoms with E-state index >= 15 is 0 Å². The van der Waals surface area contributed by atoms with Gasteiger partial charge in [-0.25, -0.2) is 0 Å². The summed E-state index contributed by atoms with van der Waals surface area (Å²) in [7, 11) is 0. The van der Waals surface area contributed by atoms with Crippen molar-refractivity contribution in [3.8, 4) is 0 Å². The molecule has 0 aromatic heterocycles. The summed E-state index contributed by atoms with van der Waals surface area (Å²) in [6, 6.07) is 0.0744. The normalized spacial score (nSPS) is 12.6. The van der Waals surface area contributed by atoms with Gasteiger partial charge in [-0.3, -0.25) is 9.59 Å². The van der Waals surface area contributed by atoms with E-state index in [1.165, 1.54) is 0 Å². The highest BCUT2D eigenvalue weighted by Gasteiger charge is 2.10. The highest BCUT2D eigenvalue weighted by molar-refractivity contribution is 5.79. The molecule has 0 aromatic carbocycles. The molecule has 5 N–H and O–H groups in total. The van der Waals surface area contributed by atoms with E-state index in [0.29, 0.717) is 0 Å². The second-order valence-corrected chi connectivity index (χ2v) is 3.27.